The summed E-state index contributed by atoms with van der Waals surface area (Å²) in [5.74, 6) is -0.367. The number of amides is 1. The number of hydrogen-bond donors (Lipinski definition) is 1. The number of halogens is 1. The molecule has 1 fully saturated rings. The zero-order valence-corrected chi connectivity index (χ0v) is 17.1. The van der Waals surface area contributed by atoms with Crippen LogP contribution < -0.4 is 4.74 Å². The Kier molecular flexibility index (Phi) is 7.12. The van der Waals surface area contributed by atoms with Gasteiger partial charge in [0.1, 0.15) is 5.75 Å². The summed E-state index contributed by atoms with van der Waals surface area (Å²) in [7, 11) is 0. The van der Waals surface area contributed by atoms with E-state index >= 15 is 0 Å². The highest BCUT2D eigenvalue weighted by Crippen LogP contribution is 2.25. The van der Waals surface area contributed by atoms with Crippen LogP contribution in [-0.4, -0.2) is 59.1 Å². The summed E-state index contributed by atoms with van der Waals surface area (Å²) in [5.41, 5.74) is 1.86. The molecule has 0 radical (unpaired) electrons. The predicted molar refractivity (Wildman–Crippen MR) is 111 cm³/mol. The van der Waals surface area contributed by atoms with Crippen molar-refractivity contribution < 1.29 is 19.4 Å². The summed E-state index contributed by atoms with van der Waals surface area (Å²) in [6.07, 6.45) is 0.409. The van der Waals surface area contributed by atoms with Crippen LogP contribution in [-0.2, 0) is 22.6 Å². The van der Waals surface area contributed by atoms with Gasteiger partial charge in [-0.3, -0.25) is 9.69 Å². The lowest BCUT2D eigenvalue weighted by Crippen LogP contribution is -2.54. The van der Waals surface area contributed by atoms with E-state index in [4.69, 9.17) is 21.4 Å². The minimum absolute atomic E-state index is 0.0857. The van der Waals surface area contributed by atoms with Crippen LogP contribution in [0.1, 0.15) is 18.1 Å². The predicted octanol–water partition coefficient (Wildman–Crippen LogP) is 3.08. The molecule has 29 heavy (non-hydrogen) atoms. The van der Waals surface area contributed by atoms with Gasteiger partial charge in [0.25, 0.3) is 0 Å². The molecule has 1 aliphatic rings. The molecule has 1 heterocycles. The summed E-state index contributed by atoms with van der Waals surface area (Å²) in [6.45, 7) is 4.35. The Balaban J connectivity index is 1.60. The molecule has 0 aromatic heterocycles. The average Bonchev–Trinajstić information content (AvgIpc) is 2.68. The first-order valence-corrected chi connectivity index (χ1v) is 9.99. The largest absolute Gasteiger partial charge is 0.482 e. The van der Waals surface area contributed by atoms with Gasteiger partial charge < -0.3 is 14.7 Å². The van der Waals surface area contributed by atoms with Crippen molar-refractivity contribution in [1.29, 1.82) is 0 Å². The summed E-state index contributed by atoms with van der Waals surface area (Å²) in [5, 5.41) is 9.44. The van der Waals surface area contributed by atoms with Crippen molar-refractivity contribution >= 4 is 23.5 Å². The van der Waals surface area contributed by atoms with Crippen molar-refractivity contribution in [1.82, 2.24) is 9.80 Å². The molecule has 1 amide bonds. The topological polar surface area (TPSA) is 70.1 Å². The molecule has 1 aliphatic heterocycles. The van der Waals surface area contributed by atoms with Gasteiger partial charge in [-0.1, -0.05) is 41.9 Å². The van der Waals surface area contributed by atoms with Gasteiger partial charge in [0.05, 0.1) is 6.42 Å². The summed E-state index contributed by atoms with van der Waals surface area (Å²) in [4.78, 5) is 27.7. The monoisotopic (exact) mass is 416 g/mol. The number of benzene rings is 2. The molecule has 1 atom stereocenters. The van der Waals surface area contributed by atoms with Gasteiger partial charge >= 0.3 is 5.97 Å². The third-order valence-electron chi connectivity index (χ3n) is 5.00. The fraction of sp³-hybridized carbons (Fsp3) is 0.364. The lowest BCUT2D eigenvalue weighted by Gasteiger charge is -2.40. The highest BCUT2D eigenvalue weighted by atomic mass is 35.5. The smallest absolute Gasteiger partial charge is 0.341 e. The molecular weight excluding hydrogens is 392 g/mol. The number of aliphatic carboxylic acids is 1. The molecule has 1 unspecified atom stereocenters. The van der Waals surface area contributed by atoms with E-state index in [2.05, 4.69) is 11.8 Å². The van der Waals surface area contributed by atoms with Crippen LogP contribution in [0.4, 0.5) is 0 Å². The number of carboxylic acid groups (broad SMARTS) is 1. The summed E-state index contributed by atoms with van der Waals surface area (Å²) >= 11 is 6.12. The van der Waals surface area contributed by atoms with Crippen LogP contribution in [0.25, 0.3) is 0 Å². The highest BCUT2D eigenvalue weighted by molar-refractivity contribution is 6.30. The molecule has 3 rings (SSSR count). The summed E-state index contributed by atoms with van der Waals surface area (Å²) in [6, 6.07) is 15.0. The Labute approximate surface area is 175 Å². The van der Waals surface area contributed by atoms with E-state index < -0.39 is 12.6 Å². The Morgan fingerprint density at radius 1 is 1.17 bits per heavy atom. The van der Waals surface area contributed by atoms with Crippen LogP contribution in [0, 0.1) is 0 Å². The van der Waals surface area contributed by atoms with E-state index in [9.17, 15) is 9.59 Å². The third kappa shape index (κ3) is 5.95. The molecule has 0 aliphatic carbocycles. The quantitative estimate of drug-likeness (QED) is 0.751. The van der Waals surface area contributed by atoms with Crippen molar-refractivity contribution in [3.63, 3.8) is 0 Å². The Morgan fingerprint density at radius 2 is 1.93 bits per heavy atom. The maximum absolute atomic E-state index is 12.7. The molecule has 1 saturated heterocycles. The second-order valence-electron chi connectivity index (χ2n) is 7.27. The Morgan fingerprint density at radius 3 is 2.62 bits per heavy atom. The highest BCUT2D eigenvalue weighted by Gasteiger charge is 2.27. The molecule has 0 spiro atoms. The van der Waals surface area contributed by atoms with Gasteiger partial charge in [-0.05, 0) is 30.7 Å². The first-order valence-electron chi connectivity index (χ1n) is 9.61. The molecule has 2 aromatic rings. The van der Waals surface area contributed by atoms with Gasteiger partial charge in [0.15, 0.2) is 6.61 Å². The van der Waals surface area contributed by atoms with Crippen molar-refractivity contribution in [3.05, 3.63) is 64.7 Å². The number of nitrogens with zero attached hydrogens (tertiary/aromatic N) is 2. The van der Waals surface area contributed by atoms with E-state index in [1.54, 1.807) is 18.2 Å². The number of carboxylic acids is 1. The van der Waals surface area contributed by atoms with Gasteiger partial charge in [-0.25, -0.2) is 4.79 Å². The van der Waals surface area contributed by atoms with E-state index in [1.807, 2.05) is 35.2 Å². The van der Waals surface area contributed by atoms with E-state index in [1.165, 1.54) is 0 Å². The number of piperazine rings is 1. The molecule has 2 aromatic carbocycles. The molecule has 0 saturated carbocycles. The lowest BCUT2D eigenvalue weighted by atomic mass is 10.1. The van der Waals surface area contributed by atoms with Crippen LogP contribution in [0.3, 0.4) is 0 Å². The fourth-order valence-corrected chi connectivity index (χ4v) is 3.81. The molecular formula is C22H25ClN2O4. The lowest BCUT2D eigenvalue weighted by molar-refractivity contribution is -0.139. The number of ether oxygens (including phenoxy) is 1. The van der Waals surface area contributed by atoms with E-state index in [0.717, 1.165) is 24.2 Å². The number of carbonyl (C=O) groups is 2. The van der Waals surface area contributed by atoms with Gasteiger partial charge in [0.2, 0.25) is 5.91 Å². The minimum atomic E-state index is -1.02. The summed E-state index contributed by atoms with van der Waals surface area (Å²) < 4.78 is 5.40. The van der Waals surface area contributed by atoms with Crippen LogP contribution >= 0.6 is 11.6 Å². The Hall–Kier alpha value is -2.57. The van der Waals surface area contributed by atoms with Crippen LogP contribution in [0.15, 0.2) is 48.5 Å². The fourth-order valence-electron chi connectivity index (χ4n) is 3.61. The first kappa shape index (κ1) is 21.1. The van der Waals surface area contributed by atoms with E-state index in [-0.39, 0.29) is 11.9 Å². The number of hydrogen-bond acceptors (Lipinski definition) is 4. The average molecular weight is 417 g/mol. The van der Waals surface area contributed by atoms with Crippen LogP contribution in [0.5, 0.6) is 5.75 Å². The van der Waals surface area contributed by atoms with Gasteiger partial charge in [-0.2, -0.15) is 0 Å². The maximum atomic E-state index is 12.7. The number of carbonyl (C=O) groups excluding carboxylic acids is 1. The second-order valence-corrected chi connectivity index (χ2v) is 7.70. The zero-order valence-electron chi connectivity index (χ0n) is 16.4. The van der Waals surface area contributed by atoms with Gasteiger partial charge in [-0.15, -0.1) is 0 Å². The Bertz CT molecular complexity index is 859. The van der Waals surface area contributed by atoms with Gasteiger partial charge in [0, 0.05) is 42.8 Å². The third-order valence-corrected chi connectivity index (χ3v) is 5.23. The first-order chi connectivity index (χ1) is 13.9. The second kappa shape index (κ2) is 9.76. The molecule has 1 N–H and O–H groups in total. The van der Waals surface area contributed by atoms with Crippen molar-refractivity contribution in [2.45, 2.75) is 25.9 Å². The SMILES string of the molecule is CC1CN(Cc2cc(Cl)ccc2OCC(=O)O)CCN1C(=O)Cc1ccccc1. The van der Waals surface area contributed by atoms with Crippen molar-refractivity contribution in [2.24, 2.45) is 0 Å². The minimum Gasteiger partial charge on any atom is -0.482 e. The molecule has 0 bridgehead atoms. The van der Waals surface area contributed by atoms with Crippen molar-refractivity contribution in [2.75, 3.05) is 26.2 Å². The maximum Gasteiger partial charge on any atom is 0.341 e. The normalized spacial score (nSPS) is 17.2. The molecule has 7 heteroatoms. The van der Waals surface area contributed by atoms with E-state index in [0.29, 0.717) is 30.3 Å². The molecule has 154 valence electrons. The molecule has 6 nitrogen and oxygen atoms in total. The standard InChI is InChI=1S/C22H25ClN2O4/c1-16-13-24(9-10-25(16)21(26)11-17-5-3-2-4-6-17)14-18-12-19(23)7-8-20(18)29-15-22(27)28/h2-8,12,16H,9-11,13-15H2,1H3,(H,27,28). The zero-order chi connectivity index (χ0) is 20.8. The van der Waals surface area contributed by atoms with Crippen LogP contribution in [0.2, 0.25) is 5.02 Å². The van der Waals surface area contributed by atoms with Crippen molar-refractivity contribution in [3.8, 4) is 5.75 Å². The number of rotatable bonds is 7.